The summed E-state index contributed by atoms with van der Waals surface area (Å²) in [5.74, 6) is 2.39. The quantitative estimate of drug-likeness (QED) is 0.340. The van der Waals surface area contributed by atoms with Crippen molar-refractivity contribution in [1.82, 2.24) is 0 Å². The summed E-state index contributed by atoms with van der Waals surface area (Å²) in [4.78, 5) is 25.4. The molecule has 202 valence electrons. The molecule has 1 saturated heterocycles. The molecule has 1 aromatic carbocycles. The summed E-state index contributed by atoms with van der Waals surface area (Å²) in [5, 5.41) is 8.15. The molecule has 5 nitrogen and oxygen atoms in total. The van der Waals surface area contributed by atoms with Crippen LogP contribution in [0.5, 0.6) is 0 Å². The molecule has 5 heteroatoms. The van der Waals surface area contributed by atoms with Crippen molar-refractivity contribution in [2.24, 2.45) is 17.3 Å². The van der Waals surface area contributed by atoms with E-state index in [2.05, 4.69) is 20.8 Å². The number of rotatable bonds is 11. The number of carbonyl (C=O) groups excluding carboxylic acids is 2. The zero-order chi connectivity index (χ0) is 27.3. The van der Waals surface area contributed by atoms with Crippen LogP contribution in [0.4, 0.5) is 0 Å². The lowest BCUT2D eigenvalue weighted by molar-refractivity contribution is -0.117. The van der Waals surface area contributed by atoms with Gasteiger partial charge in [-0.25, -0.2) is 0 Å². The Kier molecular flexibility index (Phi) is 8.99. The SMILES string of the molecule is C/C(=C\C(=N)CC(=O)Cc1ccc(CC(=O)C2=CCC=C(OC3CC(C4COC4)C3)C=C2)cc1)C(C)(C)C. The van der Waals surface area contributed by atoms with Gasteiger partial charge in [0.15, 0.2) is 5.78 Å². The average molecular weight is 516 g/mol. The van der Waals surface area contributed by atoms with Crippen molar-refractivity contribution in [3.63, 3.8) is 0 Å². The molecule has 2 fully saturated rings. The molecule has 3 aliphatic rings. The highest BCUT2D eigenvalue weighted by Crippen LogP contribution is 2.40. The fourth-order valence-corrected chi connectivity index (χ4v) is 4.80. The number of Topliss-reactive ketones (excluding diaryl/α,β-unsaturated/α-hetero) is 2. The third-order valence-corrected chi connectivity index (χ3v) is 7.92. The lowest BCUT2D eigenvalue weighted by Crippen LogP contribution is -2.43. The van der Waals surface area contributed by atoms with E-state index in [0.717, 1.165) is 54.4 Å². The van der Waals surface area contributed by atoms with Crippen LogP contribution in [0.1, 0.15) is 64.5 Å². The molecule has 1 N–H and O–H groups in total. The van der Waals surface area contributed by atoms with Gasteiger partial charge < -0.3 is 14.9 Å². The second kappa shape index (κ2) is 12.2. The monoisotopic (exact) mass is 515 g/mol. The minimum Gasteiger partial charge on any atom is -0.491 e. The van der Waals surface area contributed by atoms with Crippen molar-refractivity contribution in [3.8, 4) is 0 Å². The van der Waals surface area contributed by atoms with Crippen LogP contribution in [0.2, 0.25) is 0 Å². The summed E-state index contributed by atoms with van der Waals surface area (Å²) < 4.78 is 11.4. The third-order valence-electron chi connectivity index (χ3n) is 7.92. The summed E-state index contributed by atoms with van der Waals surface area (Å²) in [6.07, 6.45) is 13.5. The van der Waals surface area contributed by atoms with Gasteiger partial charge in [0.1, 0.15) is 11.5 Å². The molecular formula is C33H41NO4. The summed E-state index contributed by atoms with van der Waals surface area (Å²) in [5.41, 5.74) is 3.95. The molecule has 1 saturated carbocycles. The molecule has 0 unspecified atom stereocenters. The Morgan fingerprint density at radius 3 is 2.26 bits per heavy atom. The van der Waals surface area contributed by atoms with E-state index in [1.807, 2.05) is 61.6 Å². The van der Waals surface area contributed by atoms with E-state index < -0.39 is 0 Å². The number of allylic oxidation sites excluding steroid dienone is 7. The highest BCUT2D eigenvalue weighted by molar-refractivity contribution is 6.06. The molecule has 0 spiro atoms. The first-order valence-electron chi connectivity index (χ1n) is 13.8. The zero-order valence-corrected chi connectivity index (χ0v) is 23.2. The highest BCUT2D eigenvalue weighted by Gasteiger charge is 2.39. The Balaban J connectivity index is 1.21. The van der Waals surface area contributed by atoms with Gasteiger partial charge in [0.05, 0.1) is 19.3 Å². The molecule has 0 amide bonds. The van der Waals surface area contributed by atoms with Crippen molar-refractivity contribution in [2.75, 3.05) is 13.2 Å². The van der Waals surface area contributed by atoms with Gasteiger partial charge in [0.2, 0.25) is 0 Å². The smallest absolute Gasteiger partial charge is 0.166 e. The Bertz CT molecular complexity index is 1170. The molecular weight excluding hydrogens is 474 g/mol. The Labute approximate surface area is 227 Å². The van der Waals surface area contributed by atoms with Crippen LogP contribution in [-0.4, -0.2) is 36.6 Å². The van der Waals surface area contributed by atoms with E-state index in [-0.39, 0.29) is 35.9 Å². The molecule has 1 heterocycles. The van der Waals surface area contributed by atoms with Gasteiger partial charge in [-0.05, 0) is 73.0 Å². The maximum Gasteiger partial charge on any atom is 0.166 e. The predicted molar refractivity (Wildman–Crippen MR) is 151 cm³/mol. The maximum absolute atomic E-state index is 12.9. The van der Waals surface area contributed by atoms with Gasteiger partial charge >= 0.3 is 0 Å². The van der Waals surface area contributed by atoms with Crippen LogP contribution in [0.15, 0.2) is 71.6 Å². The number of hydrogen-bond acceptors (Lipinski definition) is 5. The lowest BCUT2D eigenvalue weighted by atomic mass is 9.73. The summed E-state index contributed by atoms with van der Waals surface area (Å²) in [7, 11) is 0. The number of ether oxygens (including phenoxy) is 2. The number of benzene rings is 1. The zero-order valence-electron chi connectivity index (χ0n) is 23.2. The fourth-order valence-electron chi connectivity index (χ4n) is 4.80. The average Bonchev–Trinajstić information content (AvgIpc) is 3.02. The van der Waals surface area contributed by atoms with Gasteiger partial charge in [-0.15, -0.1) is 0 Å². The van der Waals surface area contributed by atoms with Crippen molar-refractivity contribution in [3.05, 3.63) is 82.7 Å². The van der Waals surface area contributed by atoms with Gasteiger partial charge in [0.25, 0.3) is 0 Å². The van der Waals surface area contributed by atoms with E-state index in [0.29, 0.717) is 30.0 Å². The number of nitrogens with one attached hydrogen (secondary N) is 1. The van der Waals surface area contributed by atoms with E-state index >= 15 is 0 Å². The van der Waals surface area contributed by atoms with Crippen LogP contribution in [0, 0.1) is 22.7 Å². The minimum absolute atomic E-state index is 0.0108. The van der Waals surface area contributed by atoms with Crippen LogP contribution in [0.25, 0.3) is 0 Å². The first-order chi connectivity index (χ1) is 18.1. The molecule has 38 heavy (non-hydrogen) atoms. The topological polar surface area (TPSA) is 76.5 Å². The van der Waals surface area contributed by atoms with Gasteiger partial charge in [-0.2, -0.15) is 0 Å². The summed E-state index contributed by atoms with van der Waals surface area (Å²) in [6, 6.07) is 7.66. The predicted octanol–water partition coefficient (Wildman–Crippen LogP) is 6.52. The van der Waals surface area contributed by atoms with E-state index in [1.165, 1.54) is 0 Å². The molecule has 1 aliphatic heterocycles. The van der Waals surface area contributed by atoms with Gasteiger partial charge in [0, 0.05) is 36.5 Å². The summed E-state index contributed by atoms with van der Waals surface area (Å²) >= 11 is 0. The molecule has 0 aromatic heterocycles. The van der Waals surface area contributed by atoms with Gasteiger partial charge in [-0.3, -0.25) is 9.59 Å². The maximum atomic E-state index is 12.9. The van der Waals surface area contributed by atoms with E-state index in [9.17, 15) is 9.59 Å². The van der Waals surface area contributed by atoms with Crippen molar-refractivity contribution < 1.29 is 19.1 Å². The minimum atomic E-state index is -0.0108. The fraction of sp³-hybridized carbons (Fsp3) is 0.485. The van der Waals surface area contributed by atoms with Gasteiger partial charge in [-0.1, -0.05) is 56.7 Å². The molecule has 2 aliphatic carbocycles. The second-order valence-corrected chi connectivity index (χ2v) is 12.0. The molecule has 0 atom stereocenters. The Morgan fingerprint density at radius 2 is 1.66 bits per heavy atom. The third kappa shape index (κ3) is 7.73. The van der Waals surface area contributed by atoms with Crippen LogP contribution >= 0.6 is 0 Å². The first-order valence-corrected chi connectivity index (χ1v) is 13.8. The lowest BCUT2D eigenvalue weighted by Gasteiger charge is -2.43. The standard InChI is InChI=1S/C33H41NO4/c1-22(33(2,3)4)14-28(34)19-29(35)15-23-8-10-24(11-9-23)16-32(36)25-6-5-7-30(13-12-25)38-31-17-26(18-31)27-20-37-21-27/h6-14,26-27,31,34H,5,15-21H2,1-4H3/b22-14+,34-28?. The Hall–Kier alpha value is -3.05. The normalized spacial score (nSPS) is 21.9. The van der Waals surface area contributed by atoms with E-state index in [4.69, 9.17) is 14.9 Å². The Morgan fingerprint density at radius 1 is 1.00 bits per heavy atom. The molecule has 0 bridgehead atoms. The summed E-state index contributed by atoms with van der Waals surface area (Å²) in [6.45, 7) is 10.1. The number of hydrogen-bond donors (Lipinski definition) is 1. The number of carbonyl (C=O) groups is 2. The van der Waals surface area contributed by atoms with Crippen molar-refractivity contribution in [2.45, 2.75) is 72.3 Å². The second-order valence-electron chi connectivity index (χ2n) is 12.0. The van der Waals surface area contributed by atoms with Crippen molar-refractivity contribution >= 4 is 17.3 Å². The van der Waals surface area contributed by atoms with Crippen LogP contribution in [0.3, 0.4) is 0 Å². The van der Waals surface area contributed by atoms with Crippen molar-refractivity contribution in [1.29, 1.82) is 5.41 Å². The highest BCUT2D eigenvalue weighted by atomic mass is 16.5. The van der Waals surface area contributed by atoms with E-state index in [1.54, 1.807) is 0 Å². The first kappa shape index (κ1) is 28.0. The number of ketones is 2. The van der Waals surface area contributed by atoms with Crippen LogP contribution < -0.4 is 0 Å². The molecule has 1 aromatic rings. The molecule has 0 radical (unpaired) electrons. The van der Waals surface area contributed by atoms with Crippen LogP contribution in [-0.2, 0) is 31.9 Å². The largest absolute Gasteiger partial charge is 0.491 e. The molecule has 4 rings (SSSR count).